The van der Waals surface area contributed by atoms with Crippen LogP contribution in [0.15, 0.2) is 42.5 Å². The van der Waals surface area contributed by atoms with Crippen molar-refractivity contribution in [3.05, 3.63) is 58.1 Å². The molecule has 2 atom stereocenters. The molecule has 0 saturated carbocycles. The van der Waals surface area contributed by atoms with Crippen LogP contribution >= 0.6 is 23.2 Å². The van der Waals surface area contributed by atoms with Gasteiger partial charge < -0.3 is 29.9 Å². The molecule has 0 spiro atoms. The van der Waals surface area contributed by atoms with E-state index >= 15 is 0 Å². The van der Waals surface area contributed by atoms with Crippen molar-refractivity contribution in [2.45, 2.75) is 38.0 Å². The number of β-amino-alcohol motifs (C(OH)–C–C–N with tert-alkyl or cyclic N) is 1. The molecule has 0 amide bonds. The number of hydrogen-bond acceptors (Lipinski definition) is 6. The lowest BCUT2D eigenvalue weighted by Gasteiger charge is -2.33. The maximum Gasteiger partial charge on any atom is 0.139 e. The van der Waals surface area contributed by atoms with Gasteiger partial charge in [0.15, 0.2) is 0 Å². The van der Waals surface area contributed by atoms with E-state index in [2.05, 4.69) is 10.2 Å². The lowest BCUT2D eigenvalue weighted by molar-refractivity contribution is 0.0556. The molecule has 0 aliphatic carbocycles. The van der Waals surface area contributed by atoms with Gasteiger partial charge in [-0.05, 0) is 57.1 Å². The lowest BCUT2D eigenvalue weighted by atomic mass is 10.0. The first-order chi connectivity index (χ1) is 15.4. The smallest absolute Gasteiger partial charge is 0.139 e. The molecule has 1 aliphatic rings. The summed E-state index contributed by atoms with van der Waals surface area (Å²) < 4.78 is 11.3. The van der Waals surface area contributed by atoms with Crippen molar-refractivity contribution < 1.29 is 19.7 Å². The van der Waals surface area contributed by atoms with Crippen LogP contribution in [-0.4, -0.2) is 72.8 Å². The van der Waals surface area contributed by atoms with E-state index in [4.69, 9.17) is 32.7 Å². The SMILES string of the molecule is Cc1ccc(OC[C@@H](O)CNC2CCN(C[C@@H](O)COc3cc(Cl)ccc3Cl)CC2)cc1. The van der Waals surface area contributed by atoms with Crippen LogP contribution in [0.4, 0.5) is 0 Å². The fourth-order valence-electron chi connectivity index (χ4n) is 3.63. The molecule has 1 saturated heterocycles. The Morgan fingerprint density at radius 2 is 1.69 bits per heavy atom. The normalized spacial score (nSPS) is 17.2. The molecular weight excluding hydrogens is 451 g/mol. The first-order valence-corrected chi connectivity index (χ1v) is 11.7. The Labute approximate surface area is 200 Å². The van der Waals surface area contributed by atoms with E-state index in [9.17, 15) is 10.2 Å². The van der Waals surface area contributed by atoms with Gasteiger partial charge in [0.05, 0.1) is 5.02 Å². The van der Waals surface area contributed by atoms with Crippen molar-refractivity contribution in [2.75, 3.05) is 39.4 Å². The van der Waals surface area contributed by atoms with E-state index in [0.29, 0.717) is 34.9 Å². The zero-order valence-electron chi connectivity index (χ0n) is 18.3. The molecule has 2 aromatic carbocycles. The highest BCUT2D eigenvalue weighted by molar-refractivity contribution is 6.34. The summed E-state index contributed by atoms with van der Waals surface area (Å²) in [6.45, 7) is 5.24. The third-order valence-electron chi connectivity index (χ3n) is 5.49. The maximum atomic E-state index is 10.3. The number of halogens is 2. The van der Waals surface area contributed by atoms with Gasteiger partial charge in [0.2, 0.25) is 0 Å². The number of aliphatic hydroxyl groups excluding tert-OH is 2. The van der Waals surface area contributed by atoms with Crippen molar-refractivity contribution in [2.24, 2.45) is 0 Å². The van der Waals surface area contributed by atoms with Gasteiger partial charge in [-0.1, -0.05) is 40.9 Å². The highest BCUT2D eigenvalue weighted by atomic mass is 35.5. The molecule has 32 heavy (non-hydrogen) atoms. The summed E-state index contributed by atoms with van der Waals surface area (Å²) in [5.74, 6) is 1.24. The van der Waals surface area contributed by atoms with Gasteiger partial charge in [-0.2, -0.15) is 0 Å². The van der Waals surface area contributed by atoms with E-state index in [1.807, 2.05) is 31.2 Å². The molecular formula is C24H32Cl2N2O4. The van der Waals surface area contributed by atoms with Gasteiger partial charge in [-0.15, -0.1) is 0 Å². The predicted octanol–water partition coefficient (Wildman–Crippen LogP) is 3.54. The summed E-state index contributed by atoms with van der Waals surface area (Å²) >= 11 is 12.0. The number of benzene rings is 2. The van der Waals surface area contributed by atoms with Crippen molar-refractivity contribution in [3.63, 3.8) is 0 Å². The van der Waals surface area contributed by atoms with Crippen LogP contribution in [0.2, 0.25) is 10.0 Å². The summed E-state index contributed by atoms with van der Waals surface area (Å²) in [5.41, 5.74) is 1.18. The van der Waals surface area contributed by atoms with Crippen molar-refractivity contribution >= 4 is 23.2 Å². The fourth-order valence-corrected chi connectivity index (χ4v) is 3.97. The Morgan fingerprint density at radius 3 is 2.41 bits per heavy atom. The van der Waals surface area contributed by atoms with Gasteiger partial charge in [-0.3, -0.25) is 0 Å². The molecule has 1 aliphatic heterocycles. The van der Waals surface area contributed by atoms with E-state index in [0.717, 1.165) is 31.7 Å². The third-order valence-corrected chi connectivity index (χ3v) is 6.03. The van der Waals surface area contributed by atoms with Crippen molar-refractivity contribution in [3.8, 4) is 11.5 Å². The summed E-state index contributed by atoms with van der Waals surface area (Å²) in [5, 5.41) is 25.0. The van der Waals surface area contributed by atoms with E-state index in [1.54, 1.807) is 18.2 Å². The molecule has 6 nitrogen and oxygen atoms in total. The molecule has 3 N–H and O–H groups in total. The highest BCUT2D eigenvalue weighted by Crippen LogP contribution is 2.27. The van der Waals surface area contributed by atoms with Crippen LogP contribution in [0, 0.1) is 6.92 Å². The number of piperidine rings is 1. The molecule has 0 bridgehead atoms. The quantitative estimate of drug-likeness (QED) is 0.454. The largest absolute Gasteiger partial charge is 0.491 e. The lowest BCUT2D eigenvalue weighted by Crippen LogP contribution is -2.47. The first-order valence-electron chi connectivity index (χ1n) is 11.0. The summed E-state index contributed by atoms with van der Waals surface area (Å²) in [4.78, 5) is 2.22. The van der Waals surface area contributed by atoms with E-state index < -0.39 is 12.2 Å². The standard InChI is InChI=1S/C24H32Cl2N2O4/c1-17-2-5-22(6-3-17)31-15-20(29)13-27-19-8-10-28(11-9-19)14-21(30)16-32-24-12-18(25)4-7-23(24)26/h2-7,12,19-21,27,29-30H,8-11,13-16H2,1H3/t20-,21+/m0/s1. The van der Waals surface area contributed by atoms with E-state index in [1.165, 1.54) is 5.56 Å². The number of hydrogen-bond donors (Lipinski definition) is 3. The number of rotatable bonds is 11. The average molecular weight is 483 g/mol. The van der Waals surface area contributed by atoms with Crippen LogP contribution in [0.5, 0.6) is 11.5 Å². The van der Waals surface area contributed by atoms with Crippen LogP contribution in [0.25, 0.3) is 0 Å². The molecule has 176 valence electrons. The fraction of sp³-hybridized carbons (Fsp3) is 0.500. The summed E-state index contributed by atoms with van der Waals surface area (Å²) in [6.07, 6.45) is 0.736. The average Bonchev–Trinajstić information content (AvgIpc) is 2.79. The second kappa shape index (κ2) is 12.6. The second-order valence-electron chi connectivity index (χ2n) is 8.30. The van der Waals surface area contributed by atoms with Crippen molar-refractivity contribution in [1.82, 2.24) is 10.2 Å². The molecule has 1 fully saturated rings. The van der Waals surface area contributed by atoms with E-state index in [-0.39, 0.29) is 13.2 Å². The minimum Gasteiger partial charge on any atom is -0.491 e. The maximum absolute atomic E-state index is 10.3. The first kappa shape index (κ1) is 25.1. The number of likely N-dealkylation sites (tertiary alicyclic amines) is 1. The number of nitrogens with one attached hydrogen (secondary N) is 1. The van der Waals surface area contributed by atoms with Crippen LogP contribution in [0.3, 0.4) is 0 Å². The Bertz CT molecular complexity index is 829. The Kier molecular flexibility index (Phi) is 9.91. The third kappa shape index (κ3) is 8.43. The Morgan fingerprint density at radius 1 is 1.00 bits per heavy atom. The van der Waals surface area contributed by atoms with Crippen LogP contribution < -0.4 is 14.8 Å². The predicted molar refractivity (Wildman–Crippen MR) is 128 cm³/mol. The molecule has 0 radical (unpaired) electrons. The molecule has 1 heterocycles. The summed E-state index contributed by atoms with van der Waals surface area (Å²) in [6, 6.07) is 13.2. The summed E-state index contributed by atoms with van der Waals surface area (Å²) in [7, 11) is 0. The van der Waals surface area contributed by atoms with Crippen LogP contribution in [-0.2, 0) is 0 Å². The van der Waals surface area contributed by atoms with Gasteiger partial charge in [0.25, 0.3) is 0 Å². The number of nitrogens with zero attached hydrogens (tertiary/aromatic N) is 1. The zero-order valence-corrected chi connectivity index (χ0v) is 19.9. The van der Waals surface area contributed by atoms with Gasteiger partial charge in [0.1, 0.15) is 36.9 Å². The minimum absolute atomic E-state index is 0.158. The number of ether oxygens (including phenoxy) is 2. The number of aryl methyl sites for hydroxylation is 1. The van der Waals surface area contributed by atoms with Crippen LogP contribution in [0.1, 0.15) is 18.4 Å². The Balaban J connectivity index is 1.29. The minimum atomic E-state index is -0.615. The highest BCUT2D eigenvalue weighted by Gasteiger charge is 2.22. The monoisotopic (exact) mass is 482 g/mol. The molecule has 0 unspecified atom stereocenters. The molecule has 8 heteroatoms. The molecule has 0 aromatic heterocycles. The second-order valence-corrected chi connectivity index (χ2v) is 9.14. The van der Waals surface area contributed by atoms with Gasteiger partial charge in [0, 0.05) is 30.2 Å². The molecule has 3 rings (SSSR count). The zero-order chi connectivity index (χ0) is 22.9. The van der Waals surface area contributed by atoms with Crippen molar-refractivity contribution in [1.29, 1.82) is 0 Å². The Hall–Kier alpha value is -1.54. The van der Waals surface area contributed by atoms with Gasteiger partial charge >= 0.3 is 0 Å². The molecule has 2 aromatic rings. The topological polar surface area (TPSA) is 74.2 Å². The number of aliphatic hydroxyl groups is 2. The van der Waals surface area contributed by atoms with Gasteiger partial charge in [-0.25, -0.2) is 0 Å².